The molecule has 0 bridgehead atoms. The van der Waals surface area contributed by atoms with Crippen molar-refractivity contribution in [1.82, 2.24) is 19.7 Å². The number of benzene rings is 1. The van der Waals surface area contributed by atoms with Crippen LogP contribution in [-0.2, 0) is 11.8 Å². The fourth-order valence-electron chi connectivity index (χ4n) is 3.53. The van der Waals surface area contributed by atoms with Crippen LogP contribution in [0.25, 0.3) is 11.4 Å². The summed E-state index contributed by atoms with van der Waals surface area (Å²) >= 11 is 7.40. The summed E-state index contributed by atoms with van der Waals surface area (Å²) in [7, 11) is 1.93. The summed E-state index contributed by atoms with van der Waals surface area (Å²) in [5.74, 6) is 1.37. The molecule has 0 spiro atoms. The lowest BCUT2D eigenvalue weighted by Gasteiger charge is -2.33. The first-order valence-electron chi connectivity index (χ1n) is 9.17. The van der Waals surface area contributed by atoms with Crippen LogP contribution in [0.5, 0.6) is 0 Å². The van der Waals surface area contributed by atoms with E-state index in [1.807, 2.05) is 40.8 Å². The van der Waals surface area contributed by atoms with E-state index in [2.05, 4.69) is 17.1 Å². The number of hydrogen-bond acceptors (Lipinski definition) is 4. The van der Waals surface area contributed by atoms with Crippen molar-refractivity contribution in [3.05, 3.63) is 29.3 Å². The molecule has 1 heterocycles. The first kappa shape index (κ1) is 19.2. The third-order valence-corrected chi connectivity index (χ3v) is 6.20. The molecule has 7 heteroatoms. The second-order valence-corrected chi connectivity index (χ2v) is 8.01. The van der Waals surface area contributed by atoms with Gasteiger partial charge in [-0.15, -0.1) is 10.2 Å². The van der Waals surface area contributed by atoms with E-state index in [4.69, 9.17) is 11.6 Å². The first-order valence-corrected chi connectivity index (χ1v) is 10.5. The number of halogens is 1. The number of amides is 1. The van der Waals surface area contributed by atoms with Gasteiger partial charge in [-0.05, 0) is 44.0 Å². The Morgan fingerprint density at radius 1 is 1.23 bits per heavy atom. The lowest BCUT2D eigenvalue weighted by Crippen LogP contribution is -2.42. The van der Waals surface area contributed by atoms with E-state index in [0.29, 0.717) is 16.8 Å². The zero-order valence-corrected chi connectivity index (χ0v) is 16.9. The fraction of sp³-hybridized carbons (Fsp3) is 0.526. The van der Waals surface area contributed by atoms with Crippen molar-refractivity contribution in [2.24, 2.45) is 7.05 Å². The SMILES string of the molecule is CCN(C(=O)CSc1nnc(-c2ccc(Cl)cc2)n1C)C1CCCCC1. The number of carbonyl (C=O) groups is 1. The monoisotopic (exact) mass is 392 g/mol. The normalized spacial score (nSPS) is 15.2. The molecule has 0 radical (unpaired) electrons. The molecule has 0 N–H and O–H groups in total. The Morgan fingerprint density at radius 3 is 2.58 bits per heavy atom. The minimum atomic E-state index is 0.195. The van der Waals surface area contributed by atoms with Crippen molar-refractivity contribution in [2.45, 2.75) is 50.2 Å². The number of rotatable bonds is 6. The van der Waals surface area contributed by atoms with Crippen LogP contribution in [0, 0.1) is 0 Å². The average Bonchev–Trinajstić information content (AvgIpc) is 3.03. The molecule has 1 fully saturated rings. The van der Waals surface area contributed by atoms with Gasteiger partial charge in [0.05, 0.1) is 5.75 Å². The number of carbonyl (C=O) groups excluding carboxylic acids is 1. The van der Waals surface area contributed by atoms with E-state index in [9.17, 15) is 4.79 Å². The van der Waals surface area contributed by atoms with Crippen LogP contribution in [0.3, 0.4) is 0 Å². The van der Waals surface area contributed by atoms with Crippen LogP contribution in [-0.4, -0.2) is 43.9 Å². The van der Waals surface area contributed by atoms with Crippen molar-refractivity contribution in [3.8, 4) is 11.4 Å². The summed E-state index contributed by atoms with van der Waals surface area (Å²) in [6.45, 7) is 2.84. The zero-order chi connectivity index (χ0) is 18.5. The highest BCUT2D eigenvalue weighted by Gasteiger charge is 2.24. The van der Waals surface area contributed by atoms with E-state index in [-0.39, 0.29) is 5.91 Å². The zero-order valence-electron chi connectivity index (χ0n) is 15.3. The van der Waals surface area contributed by atoms with E-state index in [1.54, 1.807) is 0 Å². The largest absolute Gasteiger partial charge is 0.339 e. The van der Waals surface area contributed by atoms with Gasteiger partial charge in [-0.25, -0.2) is 0 Å². The third kappa shape index (κ3) is 4.41. The van der Waals surface area contributed by atoms with Crippen molar-refractivity contribution >= 4 is 29.3 Å². The number of aromatic nitrogens is 3. The number of nitrogens with zero attached hydrogens (tertiary/aromatic N) is 4. The Hall–Kier alpha value is -1.53. The molecule has 0 saturated heterocycles. The average molecular weight is 393 g/mol. The second kappa shape index (κ2) is 8.91. The minimum Gasteiger partial charge on any atom is -0.339 e. The molecular weight excluding hydrogens is 368 g/mol. The second-order valence-electron chi connectivity index (χ2n) is 6.63. The van der Waals surface area contributed by atoms with Crippen LogP contribution in [0.15, 0.2) is 29.4 Å². The molecule has 140 valence electrons. The Bertz CT molecular complexity index is 740. The highest BCUT2D eigenvalue weighted by molar-refractivity contribution is 7.99. The standard InChI is InChI=1S/C19H25ClN4OS/c1-3-24(16-7-5-4-6-8-16)17(25)13-26-19-22-21-18(23(19)2)14-9-11-15(20)12-10-14/h9-12,16H,3-8,13H2,1-2H3. The Kier molecular flexibility index (Phi) is 6.59. The van der Waals surface area contributed by atoms with Crippen molar-refractivity contribution in [3.63, 3.8) is 0 Å². The molecule has 1 aliphatic carbocycles. The molecule has 1 saturated carbocycles. The van der Waals surface area contributed by atoms with Gasteiger partial charge in [0.2, 0.25) is 5.91 Å². The highest BCUT2D eigenvalue weighted by Crippen LogP contribution is 2.26. The van der Waals surface area contributed by atoms with Crippen LogP contribution in [0.1, 0.15) is 39.0 Å². The molecule has 1 aliphatic rings. The molecule has 3 rings (SSSR count). The van der Waals surface area contributed by atoms with Gasteiger partial charge < -0.3 is 9.47 Å². The molecule has 26 heavy (non-hydrogen) atoms. The third-order valence-electron chi connectivity index (χ3n) is 4.94. The summed E-state index contributed by atoms with van der Waals surface area (Å²) in [6, 6.07) is 7.93. The lowest BCUT2D eigenvalue weighted by molar-refractivity contribution is -0.131. The summed E-state index contributed by atoms with van der Waals surface area (Å²) in [5, 5.41) is 9.97. The molecular formula is C19H25ClN4OS. The molecule has 5 nitrogen and oxygen atoms in total. The Labute approximate surface area is 164 Å². The maximum atomic E-state index is 12.7. The molecule has 1 amide bonds. The van der Waals surface area contributed by atoms with Crippen LogP contribution >= 0.6 is 23.4 Å². The van der Waals surface area contributed by atoms with Gasteiger partial charge in [0.1, 0.15) is 0 Å². The van der Waals surface area contributed by atoms with Crippen molar-refractivity contribution < 1.29 is 4.79 Å². The van der Waals surface area contributed by atoms with Gasteiger partial charge in [-0.3, -0.25) is 4.79 Å². The highest BCUT2D eigenvalue weighted by atomic mass is 35.5. The van der Waals surface area contributed by atoms with Crippen LogP contribution < -0.4 is 0 Å². The predicted octanol–water partition coefficient (Wildman–Crippen LogP) is 4.41. The molecule has 0 aliphatic heterocycles. The van der Waals surface area contributed by atoms with Gasteiger partial charge in [-0.2, -0.15) is 0 Å². The van der Waals surface area contributed by atoms with Gasteiger partial charge in [0.25, 0.3) is 0 Å². The van der Waals surface area contributed by atoms with E-state index in [0.717, 1.165) is 35.9 Å². The van der Waals surface area contributed by atoms with Crippen molar-refractivity contribution in [1.29, 1.82) is 0 Å². The quantitative estimate of drug-likeness (QED) is 0.683. The maximum Gasteiger partial charge on any atom is 0.233 e. The molecule has 1 aromatic heterocycles. The van der Waals surface area contributed by atoms with Gasteiger partial charge >= 0.3 is 0 Å². The minimum absolute atomic E-state index is 0.195. The van der Waals surface area contributed by atoms with Crippen LogP contribution in [0.4, 0.5) is 0 Å². The predicted molar refractivity (Wildman–Crippen MR) is 106 cm³/mol. The van der Waals surface area contributed by atoms with Gasteiger partial charge in [-0.1, -0.05) is 42.6 Å². The molecule has 0 atom stereocenters. The number of thioether (sulfide) groups is 1. The summed E-state index contributed by atoms with van der Waals surface area (Å²) in [4.78, 5) is 14.7. The Morgan fingerprint density at radius 2 is 1.92 bits per heavy atom. The smallest absolute Gasteiger partial charge is 0.233 e. The summed E-state index contributed by atoms with van der Waals surface area (Å²) < 4.78 is 1.93. The molecule has 0 unspecified atom stereocenters. The van der Waals surface area contributed by atoms with E-state index in [1.165, 1.54) is 31.0 Å². The van der Waals surface area contributed by atoms with E-state index < -0.39 is 0 Å². The molecule has 2 aromatic rings. The summed E-state index contributed by atoms with van der Waals surface area (Å²) in [6.07, 6.45) is 6.03. The Balaban J connectivity index is 1.64. The maximum absolute atomic E-state index is 12.7. The van der Waals surface area contributed by atoms with E-state index >= 15 is 0 Å². The van der Waals surface area contributed by atoms with Gasteiger partial charge in [0, 0.05) is 30.2 Å². The van der Waals surface area contributed by atoms with Gasteiger partial charge in [0.15, 0.2) is 11.0 Å². The fourth-order valence-corrected chi connectivity index (χ4v) is 4.45. The lowest BCUT2D eigenvalue weighted by atomic mass is 9.94. The topological polar surface area (TPSA) is 51.0 Å². The van der Waals surface area contributed by atoms with Crippen molar-refractivity contribution in [2.75, 3.05) is 12.3 Å². The first-order chi connectivity index (χ1) is 12.6. The molecule has 1 aromatic carbocycles. The van der Waals surface area contributed by atoms with Crippen LogP contribution in [0.2, 0.25) is 5.02 Å². The summed E-state index contributed by atoms with van der Waals surface area (Å²) in [5.41, 5.74) is 0.958. The number of hydrogen-bond donors (Lipinski definition) is 0.